The molecule has 5 heteroatoms. The number of hydrogen-bond acceptors (Lipinski definition) is 5. The summed E-state index contributed by atoms with van der Waals surface area (Å²) in [4.78, 5) is 1.32. The predicted molar refractivity (Wildman–Crippen MR) is 82.7 cm³/mol. The molecule has 3 aromatic rings. The fourth-order valence-corrected chi connectivity index (χ4v) is 4.56. The maximum absolute atomic E-state index is 5.98. The van der Waals surface area contributed by atoms with Crippen LogP contribution in [0.5, 0.6) is 0 Å². The highest BCUT2D eigenvalue weighted by Crippen LogP contribution is 2.48. The number of nitrogens with two attached hydrogens (primary N) is 1. The Morgan fingerprint density at radius 3 is 2.28 bits per heavy atom. The molecule has 2 aromatic heterocycles. The molecule has 0 spiro atoms. The molecule has 0 atom stereocenters. The zero-order valence-electron chi connectivity index (χ0n) is 9.70. The summed E-state index contributed by atoms with van der Waals surface area (Å²) >= 11 is 3.49. The molecule has 1 aromatic carbocycles. The van der Waals surface area contributed by atoms with Gasteiger partial charge in [-0.15, -0.1) is 22.7 Å². The number of rotatable bonds is 0. The molecule has 0 saturated heterocycles. The van der Waals surface area contributed by atoms with E-state index >= 15 is 0 Å². The minimum Gasteiger partial charge on any atom is -0.391 e. The minimum atomic E-state index is 0.863. The van der Waals surface area contributed by atoms with Crippen molar-refractivity contribution in [2.45, 2.75) is 6.92 Å². The van der Waals surface area contributed by atoms with Gasteiger partial charge in [0.1, 0.15) is 0 Å². The Kier molecular flexibility index (Phi) is 1.93. The SMILES string of the molecule is Cc1cc2c3c(c4cc(N)sc4c2s1)NC=CN3. The third-order valence-electron chi connectivity index (χ3n) is 3.14. The molecule has 18 heavy (non-hydrogen) atoms. The van der Waals surface area contributed by atoms with Crippen molar-refractivity contribution >= 4 is 59.2 Å². The monoisotopic (exact) mass is 273 g/mol. The van der Waals surface area contributed by atoms with Gasteiger partial charge in [-0.1, -0.05) is 0 Å². The van der Waals surface area contributed by atoms with E-state index in [4.69, 9.17) is 5.73 Å². The van der Waals surface area contributed by atoms with Gasteiger partial charge in [0.25, 0.3) is 0 Å². The average Bonchev–Trinajstić information content (AvgIpc) is 2.92. The topological polar surface area (TPSA) is 50.1 Å². The molecule has 4 rings (SSSR count). The molecular formula is C13H11N3S2. The zero-order valence-corrected chi connectivity index (χ0v) is 11.3. The lowest BCUT2D eigenvalue weighted by Crippen LogP contribution is -2.02. The van der Waals surface area contributed by atoms with Crippen molar-refractivity contribution in [1.82, 2.24) is 0 Å². The summed E-state index contributed by atoms with van der Waals surface area (Å²) < 4.78 is 2.61. The number of hydrogen-bond donors (Lipinski definition) is 3. The maximum atomic E-state index is 5.98. The van der Waals surface area contributed by atoms with Gasteiger partial charge >= 0.3 is 0 Å². The molecule has 0 aliphatic carbocycles. The highest BCUT2D eigenvalue weighted by Gasteiger charge is 2.18. The van der Waals surface area contributed by atoms with Crippen LogP contribution in [0.15, 0.2) is 24.5 Å². The van der Waals surface area contributed by atoms with E-state index in [0.29, 0.717) is 0 Å². The van der Waals surface area contributed by atoms with Crippen LogP contribution in [-0.4, -0.2) is 0 Å². The number of fused-ring (bicyclic) bond motifs is 6. The highest BCUT2D eigenvalue weighted by atomic mass is 32.1. The first-order valence-corrected chi connectivity index (χ1v) is 7.30. The van der Waals surface area contributed by atoms with Crippen LogP contribution in [-0.2, 0) is 0 Å². The summed E-state index contributed by atoms with van der Waals surface area (Å²) in [5, 5.41) is 10.0. The second-order valence-corrected chi connectivity index (χ2v) is 6.70. The number of nitrogens with one attached hydrogen (secondary N) is 2. The van der Waals surface area contributed by atoms with E-state index in [0.717, 1.165) is 16.4 Å². The summed E-state index contributed by atoms with van der Waals surface area (Å²) in [6.45, 7) is 2.14. The van der Waals surface area contributed by atoms with Crippen molar-refractivity contribution in [1.29, 1.82) is 0 Å². The first-order chi connectivity index (χ1) is 8.74. The predicted octanol–water partition coefficient (Wildman–Crippen LogP) is 4.32. The van der Waals surface area contributed by atoms with Crippen LogP contribution in [0.25, 0.3) is 20.2 Å². The van der Waals surface area contributed by atoms with Crippen LogP contribution in [0.2, 0.25) is 0 Å². The smallest absolute Gasteiger partial charge is 0.0870 e. The second-order valence-electron chi connectivity index (χ2n) is 4.36. The van der Waals surface area contributed by atoms with Gasteiger partial charge in [-0.25, -0.2) is 0 Å². The van der Waals surface area contributed by atoms with Crippen molar-refractivity contribution in [3.05, 3.63) is 29.4 Å². The third kappa shape index (κ3) is 1.23. The number of nitrogen functional groups attached to an aromatic ring is 1. The van der Waals surface area contributed by atoms with Crippen LogP contribution < -0.4 is 16.4 Å². The van der Waals surface area contributed by atoms with E-state index in [2.05, 4.69) is 29.7 Å². The average molecular weight is 273 g/mol. The molecule has 0 fully saturated rings. The first kappa shape index (κ1) is 10.2. The summed E-state index contributed by atoms with van der Waals surface area (Å²) in [5.74, 6) is 0. The molecule has 90 valence electrons. The molecule has 0 saturated carbocycles. The van der Waals surface area contributed by atoms with E-state index in [-0.39, 0.29) is 0 Å². The fourth-order valence-electron chi connectivity index (χ4n) is 2.45. The molecule has 0 unspecified atom stereocenters. The van der Waals surface area contributed by atoms with E-state index in [1.807, 2.05) is 23.7 Å². The number of benzene rings is 1. The van der Waals surface area contributed by atoms with Gasteiger partial charge in [0.2, 0.25) is 0 Å². The van der Waals surface area contributed by atoms with E-state index in [9.17, 15) is 0 Å². The lowest BCUT2D eigenvalue weighted by Gasteiger charge is -2.16. The Balaban J connectivity index is 2.28. The van der Waals surface area contributed by atoms with Gasteiger partial charge in [0.15, 0.2) is 0 Å². The molecule has 4 N–H and O–H groups in total. The Morgan fingerprint density at radius 1 is 0.944 bits per heavy atom. The molecule has 0 amide bonds. The van der Waals surface area contributed by atoms with Crippen molar-refractivity contribution in [3.8, 4) is 0 Å². The summed E-state index contributed by atoms with van der Waals surface area (Å²) in [6.07, 6.45) is 3.84. The summed E-state index contributed by atoms with van der Waals surface area (Å²) in [6, 6.07) is 4.29. The lowest BCUT2D eigenvalue weighted by atomic mass is 10.1. The Bertz CT molecular complexity index is 743. The third-order valence-corrected chi connectivity index (χ3v) is 5.32. The quantitative estimate of drug-likeness (QED) is 0.572. The lowest BCUT2D eigenvalue weighted by molar-refractivity contribution is 1.51. The zero-order chi connectivity index (χ0) is 12.3. The van der Waals surface area contributed by atoms with E-state index in [1.54, 1.807) is 11.3 Å². The summed E-state index contributed by atoms with van der Waals surface area (Å²) in [7, 11) is 0. The minimum absolute atomic E-state index is 0.863. The van der Waals surface area contributed by atoms with Crippen molar-refractivity contribution in [2.24, 2.45) is 0 Å². The van der Waals surface area contributed by atoms with Crippen LogP contribution in [0.1, 0.15) is 4.88 Å². The van der Waals surface area contributed by atoms with Crippen LogP contribution >= 0.6 is 22.7 Å². The van der Waals surface area contributed by atoms with Gasteiger partial charge in [0, 0.05) is 28.0 Å². The van der Waals surface area contributed by atoms with Gasteiger partial charge < -0.3 is 16.4 Å². The number of aryl methyl sites for hydroxylation is 1. The molecule has 0 bridgehead atoms. The van der Waals surface area contributed by atoms with Crippen molar-refractivity contribution in [3.63, 3.8) is 0 Å². The van der Waals surface area contributed by atoms with Crippen molar-refractivity contribution in [2.75, 3.05) is 16.4 Å². The Labute approximate surface area is 112 Å². The molecule has 0 radical (unpaired) electrons. The van der Waals surface area contributed by atoms with Crippen LogP contribution in [0.4, 0.5) is 16.4 Å². The maximum Gasteiger partial charge on any atom is 0.0870 e. The van der Waals surface area contributed by atoms with Crippen LogP contribution in [0.3, 0.4) is 0 Å². The molecule has 3 heterocycles. The second kappa shape index (κ2) is 3.40. The molecule has 1 aliphatic rings. The van der Waals surface area contributed by atoms with Gasteiger partial charge in [-0.3, -0.25) is 0 Å². The van der Waals surface area contributed by atoms with Gasteiger partial charge in [0.05, 0.1) is 25.8 Å². The Hall–Kier alpha value is -1.72. The van der Waals surface area contributed by atoms with Crippen molar-refractivity contribution < 1.29 is 0 Å². The van der Waals surface area contributed by atoms with Crippen LogP contribution in [0, 0.1) is 6.92 Å². The number of thiophene rings is 2. The van der Waals surface area contributed by atoms with E-state index in [1.165, 1.54) is 25.0 Å². The largest absolute Gasteiger partial charge is 0.391 e. The molecular weight excluding hydrogens is 262 g/mol. The standard InChI is InChI=1S/C13H11N3S2/c1-6-4-7-10-11(16-3-2-15-10)8-5-9(14)18-13(8)12(7)17-6/h2-5,15-16H,14H2,1H3. The number of anilines is 3. The van der Waals surface area contributed by atoms with Gasteiger partial charge in [-0.2, -0.15) is 0 Å². The highest BCUT2D eigenvalue weighted by molar-refractivity contribution is 7.29. The van der Waals surface area contributed by atoms with Gasteiger partial charge in [-0.05, 0) is 19.1 Å². The Morgan fingerprint density at radius 2 is 1.56 bits per heavy atom. The summed E-state index contributed by atoms with van der Waals surface area (Å²) in [5.41, 5.74) is 8.26. The first-order valence-electron chi connectivity index (χ1n) is 5.67. The molecule has 3 nitrogen and oxygen atoms in total. The fraction of sp³-hybridized carbons (Fsp3) is 0.0769. The molecule has 1 aliphatic heterocycles. The normalized spacial score (nSPS) is 13.6. The van der Waals surface area contributed by atoms with E-state index < -0.39 is 0 Å².